The van der Waals surface area contributed by atoms with Gasteiger partial charge in [-0.3, -0.25) is 4.79 Å². The van der Waals surface area contributed by atoms with Crippen LogP contribution in [0, 0.1) is 5.92 Å². The third-order valence-electron chi connectivity index (χ3n) is 7.93. The summed E-state index contributed by atoms with van der Waals surface area (Å²) in [4.78, 5) is 30.6. The molecule has 6 rings (SSSR count). The van der Waals surface area contributed by atoms with Crippen molar-refractivity contribution in [3.05, 3.63) is 88.8 Å². The van der Waals surface area contributed by atoms with E-state index in [0.29, 0.717) is 35.9 Å². The highest BCUT2D eigenvalue weighted by Gasteiger charge is 2.24. The van der Waals surface area contributed by atoms with E-state index in [9.17, 15) is 4.79 Å². The SMILES string of the molecule is CN(C)c1nc(NC2CCC(CNC(=O)Cc3sc(-c4ccccc4)nc3-c3ccc(Cl)cc3)CC2)nc2ccccc12. The number of anilines is 2. The van der Waals surface area contributed by atoms with Gasteiger partial charge in [-0.05, 0) is 55.9 Å². The first-order chi connectivity index (χ1) is 20.9. The summed E-state index contributed by atoms with van der Waals surface area (Å²) < 4.78 is 0. The van der Waals surface area contributed by atoms with E-state index in [-0.39, 0.29) is 5.91 Å². The molecule has 2 N–H and O–H groups in total. The van der Waals surface area contributed by atoms with Crippen molar-refractivity contribution < 1.29 is 4.79 Å². The highest BCUT2D eigenvalue weighted by atomic mass is 35.5. The predicted molar refractivity (Wildman–Crippen MR) is 178 cm³/mol. The van der Waals surface area contributed by atoms with Crippen LogP contribution in [0.5, 0.6) is 0 Å². The highest BCUT2D eigenvalue weighted by Crippen LogP contribution is 2.35. The number of fused-ring (bicyclic) bond motifs is 1. The lowest BCUT2D eigenvalue weighted by molar-refractivity contribution is -0.120. The van der Waals surface area contributed by atoms with Crippen molar-refractivity contribution in [3.8, 4) is 21.8 Å². The van der Waals surface area contributed by atoms with Gasteiger partial charge in [0.1, 0.15) is 10.8 Å². The van der Waals surface area contributed by atoms with Gasteiger partial charge in [0.25, 0.3) is 0 Å². The number of halogens is 1. The molecule has 0 saturated heterocycles. The minimum absolute atomic E-state index is 0.0273. The lowest BCUT2D eigenvalue weighted by Gasteiger charge is -2.29. The van der Waals surface area contributed by atoms with E-state index in [2.05, 4.69) is 16.7 Å². The van der Waals surface area contributed by atoms with E-state index in [1.165, 1.54) is 0 Å². The van der Waals surface area contributed by atoms with Gasteiger partial charge < -0.3 is 15.5 Å². The molecule has 43 heavy (non-hydrogen) atoms. The predicted octanol–water partition coefficient (Wildman–Crippen LogP) is 7.47. The van der Waals surface area contributed by atoms with Crippen molar-refractivity contribution in [1.29, 1.82) is 0 Å². The fraction of sp³-hybridized carbons (Fsp3) is 0.294. The molecular formula is C34H35ClN6OS. The molecule has 0 unspecified atom stereocenters. The number of nitrogens with one attached hydrogen (secondary N) is 2. The van der Waals surface area contributed by atoms with E-state index in [4.69, 9.17) is 26.6 Å². The number of rotatable bonds is 9. The number of nitrogens with zero attached hydrogens (tertiary/aromatic N) is 4. The zero-order valence-corrected chi connectivity index (χ0v) is 26.0. The number of carbonyl (C=O) groups is 1. The van der Waals surface area contributed by atoms with Crippen LogP contribution in [0.25, 0.3) is 32.7 Å². The quantitative estimate of drug-likeness (QED) is 0.180. The van der Waals surface area contributed by atoms with Crippen LogP contribution in [-0.2, 0) is 11.2 Å². The Hall–Kier alpha value is -4.01. The van der Waals surface area contributed by atoms with Crippen molar-refractivity contribution >= 4 is 51.5 Å². The second-order valence-corrected chi connectivity index (χ2v) is 12.8. The van der Waals surface area contributed by atoms with Crippen LogP contribution in [0.2, 0.25) is 5.02 Å². The molecule has 2 aromatic heterocycles. The average Bonchev–Trinajstić information content (AvgIpc) is 3.44. The summed E-state index contributed by atoms with van der Waals surface area (Å²) in [5.74, 6) is 2.07. The van der Waals surface area contributed by atoms with E-state index in [1.54, 1.807) is 11.3 Å². The molecule has 5 aromatic rings. The Morgan fingerprint density at radius 3 is 2.35 bits per heavy atom. The summed E-state index contributed by atoms with van der Waals surface area (Å²) in [6.45, 7) is 0.684. The number of para-hydroxylation sites is 1. The number of hydrogen-bond donors (Lipinski definition) is 2. The minimum Gasteiger partial charge on any atom is -0.362 e. The molecule has 7 nitrogen and oxygen atoms in total. The molecular weight excluding hydrogens is 576 g/mol. The van der Waals surface area contributed by atoms with Crippen molar-refractivity contribution in [3.63, 3.8) is 0 Å². The standard InChI is InChI=1S/C34H35ClN6OS/c1-41(2)32-27-10-6-7-11-28(27)38-34(40-32)37-26-18-12-22(13-19-26)21-36-30(42)20-29-31(23-14-16-25(35)17-15-23)39-33(43-29)24-8-4-3-5-9-24/h3-11,14-17,22,26H,12-13,18-21H2,1-2H3,(H,36,42)(H,37,38,40). The maximum absolute atomic E-state index is 13.2. The molecule has 1 fully saturated rings. The maximum atomic E-state index is 13.2. The van der Waals surface area contributed by atoms with Gasteiger partial charge in [0, 0.05) is 53.1 Å². The molecule has 1 aliphatic rings. The van der Waals surface area contributed by atoms with Gasteiger partial charge >= 0.3 is 0 Å². The van der Waals surface area contributed by atoms with Gasteiger partial charge in [-0.2, -0.15) is 4.98 Å². The van der Waals surface area contributed by atoms with Crippen LogP contribution in [0.15, 0.2) is 78.9 Å². The van der Waals surface area contributed by atoms with Crippen LogP contribution in [-0.4, -0.2) is 47.5 Å². The topological polar surface area (TPSA) is 83.0 Å². The maximum Gasteiger partial charge on any atom is 0.225 e. The highest BCUT2D eigenvalue weighted by molar-refractivity contribution is 7.15. The first-order valence-corrected chi connectivity index (χ1v) is 15.9. The molecule has 0 spiro atoms. The minimum atomic E-state index is 0.0273. The molecule has 0 aliphatic heterocycles. The van der Waals surface area contributed by atoms with Gasteiger partial charge in [0.2, 0.25) is 11.9 Å². The third-order valence-corrected chi connectivity index (χ3v) is 9.29. The number of hydrogen-bond acceptors (Lipinski definition) is 7. The molecule has 0 radical (unpaired) electrons. The number of aromatic nitrogens is 3. The molecule has 220 valence electrons. The average molecular weight is 611 g/mol. The Labute approximate surface area is 261 Å². The lowest BCUT2D eigenvalue weighted by Crippen LogP contribution is -2.34. The molecule has 2 heterocycles. The van der Waals surface area contributed by atoms with E-state index >= 15 is 0 Å². The van der Waals surface area contributed by atoms with Crippen LogP contribution >= 0.6 is 22.9 Å². The van der Waals surface area contributed by atoms with E-state index in [0.717, 1.165) is 69.1 Å². The van der Waals surface area contributed by atoms with Crippen LogP contribution in [0.3, 0.4) is 0 Å². The molecule has 9 heteroatoms. The lowest BCUT2D eigenvalue weighted by atomic mass is 9.86. The Kier molecular flexibility index (Phi) is 8.86. The second-order valence-electron chi connectivity index (χ2n) is 11.3. The zero-order chi connectivity index (χ0) is 29.8. The Morgan fingerprint density at radius 2 is 1.60 bits per heavy atom. The number of benzene rings is 3. The van der Waals surface area contributed by atoms with E-state index < -0.39 is 0 Å². The van der Waals surface area contributed by atoms with Crippen LogP contribution in [0.4, 0.5) is 11.8 Å². The van der Waals surface area contributed by atoms with Crippen molar-refractivity contribution in [2.75, 3.05) is 30.9 Å². The molecule has 1 amide bonds. The summed E-state index contributed by atoms with van der Waals surface area (Å²) in [6.07, 6.45) is 4.42. The zero-order valence-electron chi connectivity index (χ0n) is 24.4. The molecule has 0 bridgehead atoms. The normalized spacial score (nSPS) is 16.6. The van der Waals surface area contributed by atoms with Crippen molar-refractivity contribution in [2.24, 2.45) is 5.92 Å². The fourth-order valence-electron chi connectivity index (χ4n) is 5.63. The molecule has 0 atom stereocenters. The Morgan fingerprint density at radius 1 is 0.884 bits per heavy atom. The van der Waals surface area contributed by atoms with Crippen LogP contribution in [0.1, 0.15) is 30.6 Å². The Balaban J connectivity index is 1.05. The smallest absolute Gasteiger partial charge is 0.225 e. The first kappa shape index (κ1) is 29.1. The fourth-order valence-corrected chi connectivity index (χ4v) is 6.85. The number of carbonyl (C=O) groups excluding carboxylic acids is 1. The first-order valence-electron chi connectivity index (χ1n) is 14.7. The van der Waals surface area contributed by atoms with E-state index in [1.807, 2.05) is 91.8 Å². The van der Waals surface area contributed by atoms with Crippen molar-refractivity contribution in [2.45, 2.75) is 38.1 Å². The summed E-state index contributed by atoms with van der Waals surface area (Å²) in [6, 6.07) is 26.2. The summed E-state index contributed by atoms with van der Waals surface area (Å²) in [5.41, 5.74) is 3.79. The van der Waals surface area contributed by atoms with Gasteiger partial charge in [0.15, 0.2) is 0 Å². The molecule has 3 aromatic carbocycles. The van der Waals surface area contributed by atoms with Crippen LogP contribution < -0.4 is 15.5 Å². The number of thiazole rings is 1. The Bertz CT molecular complexity index is 1700. The summed E-state index contributed by atoms with van der Waals surface area (Å²) in [7, 11) is 4.02. The van der Waals surface area contributed by atoms with Gasteiger partial charge in [0.05, 0.1) is 17.6 Å². The monoisotopic (exact) mass is 610 g/mol. The van der Waals surface area contributed by atoms with Gasteiger partial charge in [-0.25, -0.2) is 9.97 Å². The summed E-state index contributed by atoms with van der Waals surface area (Å²) >= 11 is 7.71. The number of amides is 1. The van der Waals surface area contributed by atoms with Crippen molar-refractivity contribution in [1.82, 2.24) is 20.3 Å². The van der Waals surface area contributed by atoms with Gasteiger partial charge in [-0.15, -0.1) is 11.3 Å². The summed E-state index contributed by atoms with van der Waals surface area (Å²) in [5, 5.41) is 9.42. The second kappa shape index (κ2) is 13.1. The largest absolute Gasteiger partial charge is 0.362 e. The third kappa shape index (κ3) is 6.98. The molecule has 1 aliphatic carbocycles. The molecule has 1 saturated carbocycles. The van der Waals surface area contributed by atoms with Gasteiger partial charge in [-0.1, -0.05) is 66.2 Å².